The van der Waals surface area contributed by atoms with Gasteiger partial charge in [0.1, 0.15) is 12.3 Å². The van der Waals surface area contributed by atoms with Crippen molar-refractivity contribution < 1.29 is 4.74 Å². The van der Waals surface area contributed by atoms with Gasteiger partial charge in [0.15, 0.2) is 5.88 Å². The van der Waals surface area contributed by atoms with Crippen LogP contribution in [0.1, 0.15) is 5.56 Å². The second kappa shape index (κ2) is 11.7. The van der Waals surface area contributed by atoms with Crippen LogP contribution in [0.5, 0.6) is 0 Å². The van der Waals surface area contributed by atoms with E-state index in [-0.39, 0.29) is 0 Å². The quantitative estimate of drug-likeness (QED) is 0.242. The molecular formula is C31H30N8O. The highest BCUT2D eigenvalue weighted by Crippen LogP contribution is 2.29. The van der Waals surface area contributed by atoms with Crippen LogP contribution >= 0.6 is 0 Å². The van der Waals surface area contributed by atoms with Gasteiger partial charge in [-0.15, -0.1) is 0 Å². The van der Waals surface area contributed by atoms with Crippen LogP contribution in [0.3, 0.4) is 0 Å². The zero-order valence-corrected chi connectivity index (χ0v) is 22.1. The van der Waals surface area contributed by atoms with Crippen molar-refractivity contribution in [3.63, 3.8) is 0 Å². The molecule has 1 aliphatic rings. The first-order chi connectivity index (χ1) is 19.7. The number of H-pyrrole nitrogens is 1. The summed E-state index contributed by atoms with van der Waals surface area (Å²) in [5.74, 6) is 1.25. The third kappa shape index (κ3) is 5.78. The molecule has 9 heteroatoms. The number of piperazine rings is 1. The van der Waals surface area contributed by atoms with E-state index in [1.165, 1.54) is 5.69 Å². The zero-order chi connectivity index (χ0) is 27.1. The largest absolute Gasteiger partial charge is 0.475 e. The summed E-state index contributed by atoms with van der Waals surface area (Å²) >= 11 is 0. The van der Waals surface area contributed by atoms with Gasteiger partial charge < -0.3 is 19.9 Å². The van der Waals surface area contributed by atoms with Crippen LogP contribution in [0.2, 0.25) is 0 Å². The van der Waals surface area contributed by atoms with Gasteiger partial charge in [-0.05, 0) is 54.6 Å². The highest BCUT2D eigenvalue weighted by molar-refractivity contribution is 5.78. The van der Waals surface area contributed by atoms with Gasteiger partial charge in [0.2, 0.25) is 5.95 Å². The molecule has 40 heavy (non-hydrogen) atoms. The predicted molar refractivity (Wildman–Crippen MR) is 157 cm³/mol. The number of benzene rings is 2. The van der Waals surface area contributed by atoms with Gasteiger partial charge in [-0.25, -0.2) is 9.97 Å². The number of pyridine rings is 1. The number of hydrogen-bond donors (Lipinski definition) is 2. The molecule has 0 atom stereocenters. The number of nitrogens with one attached hydrogen (secondary N) is 2. The van der Waals surface area contributed by atoms with Crippen molar-refractivity contribution in [2.75, 3.05) is 36.4 Å². The molecule has 0 spiro atoms. The molecule has 4 heterocycles. The standard InChI is InChI=1S/C31H30N8O/c1-23(40-22-24-6-3-2-4-7-24)38-16-18-39(19-17-38)27-11-9-26(10-12-27)35-31-33-15-13-29(36-31)28-21-34-37-30(28)25-8-5-14-32-20-25/h2-15,20-21H,1,16-19,22H2,(H,34,37)(H,33,35,36). The number of rotatable bonds is 9. The lowest BCUT2D eigenvalue weighted by atomic mass is 10.1. The van der Waals surface area contributed by atoms with E-state index >= 15 is 0 Å². The van der Waals surface area contributed by atoms with E-state index in [2.05, 4.69) is 78.3 Å². The Bertz CT molecular complexity index is 1550. The smallest absolute Gasteiger partial charge is 0.227 e. The minimum absolute atomic E-state index is 0.520. The number of hydrogen-bond acceptors (Lipinski definition) is 8. The summed E-state index contributed by atoms with van der Waals surface area (Å²) in [4.78, 5) is 17.9. The molecule has 5 aromatic rings. The maximum atomic E-state index is 5.93. The summed E-state index contributed by atoms with van der Waals surface area (Å²) in [6.07, 6.45) is 7.12. The molecule has 200 valence electrons. The fourth-order valence-electron chi connectivity index (χ4n) is 4.71. The van der Waals surface area contributed by atoms with Crippen LogP contribution in [0, 0.1) is 0 Å². The molecule has 0 amide bonds. The summed E-state index contributed by atoms with van der Waals surface area (Å²) in [5, 5.41) is 10.7. The van der Waals surface area contributed by atoms with Crippen molar-refractivity contribution in [3.8, 4) is 22.5 Å². The lowest BCUT2D eigenvalue weighted by molar-refractivity contribution is 0.0998. The Balaban J connectivity index is 1.05. The van der Waals surface area contributed by atoms with Gasteiger partial charge in [-0.2, -0.15) is 5.10 Å². The Labute approximate surface area is 233 Å². The zero-order valence-electron chi connectivity index (χ0n) is 22.1. The molecule has 0 aliphatic carbocycles. The second-order valence-corrected chi connectivity index (χ2v) is 9.47. The fourth-order valence-corrected chi connectivity index (χ4v) is 4.71. The van der Waals surface area contributed by atoms with E-state index < -0.39 is 0 Å². The monoisotopic (exact) mass is 530 g/mol. The molecule has 3 aromatic heterocycles. The molecule has 9 nitrogen and oxygen atoms in total. The molecule has 0 radical (unpaired) electrons. The van der Waals surface area contributed by atoms with Crippen molar-refractivity contribution in [2.45, 2.75) is 6.61 Å². The van der Waals surface area contributed by atoms with Crippen LogP contribution in [-0.2, 0) is 11.3 Å². The van der Waals surface area contributed by atoms with Crippen molar-refractivity contribution in [1.82, 2.24) is 30.0 Å². The Hall–Kier alpha value is -5.18. The van der Waals surface area contributed by atoms with Gasteiger partial charge >= 0.3 is 0 Å². The van der Waals surface area contributed by atoms with E-state index in [9.17, 15) is 0 Å². The summed E-state index contributed by atoms with van der Waals surface area (Å²) < 4.78 is 5.93. The van der Waals surface area contributed by atoms with Gasteiger partial charge in [0, 0.05) is 73.5 Å². The maximum absolute atomic E-state index is 5.93. The van der Waals surface area contributed by atoms with Crippen molar-refractivity contribution in [3.05, 3.63) is 116 Å². The first-order valence-electron chi connectivity index (χ1n) is 13.2. The molecule has 2 aromatic carbocycles. The molecule has 0 bridgehead atoms. The van der Waals surface area contributed by atoms with Gasteiger partial charge in [-0.3, -0.25) is 10.1 Å². The lowest BCUT2D eigenvalue weighted by Crippen LogP contribution is -2.46. The van der Waals surface area contributed by atoms with Crippen LogP contribution in [0.15, 0.2) is 110 Å². The van der Waals surface area contributed by atoms with E-state index in [1.54, 1.807) is 18.6 Å². The number of aromatic amines is 1. The molecule has 1 saturated heterocycles. The first kappa shape index (κ1) is 25.1. The Morgan fingerprint density at radius 2 is 1.75 bits per heavy atom. The SMILES string of the molecule is C=C(OCc1ccccc1)N1CCN(c2ccc(Nc3nccc(-c4c[nH]nc4-c4cccnc4)n3)cc2)CC1. The number of ether oxygens (including phenoxy) is 1. The van der Waals surface area contributed by atoms with Crippen molar-refractivity contribution in [2.24, 2.45) is 0 Å². The van der Waals surface area contributed by atoms with E-state index in [0.29, 0.717) is 12.6 Å². The number of aromatic nitrogens is 5. The third-order valence-electron chi connectivity index (χ3n) is 6.88. The van der Waals surface area contributed by atoms with Gasteiger partial charge in [-0.1, -0.05) is 30.3 Å². The van der Waals surface area contributed by atoms with Crippen molar-refractivity contribution >= 4 is 17.3 Å². The minimum atomic E-state index is 0.520. The fraction of sp³-hybridized carbons (Fsp3) is 0.161. The predicted octanol–water partition coefficient (Wildman–Crippen LogP) is 5.48. The molecule has 2 N–H and O–H groups in total. The van der Waals surface area contributed by atoms with Gasteiger partial charge in [0.25, 0.3) is 0 Å². The van der Waals surface area contributed by atoms with Crippen LogP contribution in [0.4, 0.5) is 17.3 Å². The normalized spacial score (nSPS) is 13.2. The first-order valence-corrected chi connectivity index (χ1v) is 13.2. The number of nitrogens with zero attached hydrogens (tertiary/aromatic N) is 6. The topological polar surface area (TPSA) is 95.1 Å². The summed E-state index contributed by atoms with van der Waals surface area (Å²) in [7, 11) is 0. The second-order valence-electron chi connectivity index (χ2n) is 9.47. The minimum Gasteiger partial charge on any atom is -0.475 e. The van der Waals surface area contributed by atoms with E-state index in [0.717, 1.165) is 65.8 Å². The Kier molecular flexibility index (Phi) is 7.34. The average molecular weight is 531 g/mol. The van der Waals surface area contributed by atoms with Gasteiger partial charge in [0.05, 0.1) is 5.69 Å². The van der Waals surface area contributed by atoms with Crippen molar-refractivity contribution in [1.29, 1.82) is 0 Å². The molecule has 6 rings (SSSR count). The average Bonchev–Trinajstić information content (AvgIpc) is 3.52. The maximum Gasteiger partial charge on any atom is 0.227 e. The van der Waals surface area contributed by atoms with Crippen LogP contribution < -0.4 is 10.2 Å². The molecule has 1 aliphatic heterocycles. The molecular weight excluding hydrogens is 500 g/mol. The molecule has 0 unspecified atom stereocenters. The summed E-state index contributed by atoms with van der Waals surface area (Å²) in [6.45, 7) is 8.20. The summed E-state index contributed by atoms with van der Waals surface area (Å²) in [5.41, 5.74) is 6.62. The van der Waals surface area contributed by atoms with Crippen LogP contribution in [-0.4, -0.2) is 56.2 Å². The van der Waals surface area contributed by atoms with Crippen LogP contribution in [0.25, 0.3) is 22.5 Å². The molecule has 1 fully saturated rings. The summed E-state index contributed by atoms with van der Waals surface area (Å²) in [6, 6.07) is 24.3. The third-order valence-corrected chi connectivity index (χ3v) is 6.88. The van der Waals surface area contributed by atoms with E-state index in [4.69, 9.17) is 9.72 Å². The Morgan fingerprint density at radius 3 is 2.52 bits per heavy atom. The highest BCUT2D eigenvalue weighted by atomic mass is 16.5. The highest BCUT2D eigenvalue weighted by Gasteiger charge is 2.19. The molecule has 0 saturated carbocycles. The Morgan fingerprint density at radius 1 is 0.925 bits per heavy atom. The van der Waals surface area contributed by atoms with E-state index in [1.807, 2.05) is 42.6 Å². The number of anilines is 3. The lowest BCUT2D eigenvalue weighted by Gasteiger charge is -2.37.